The molecule has 2 fully saturated rings. The highest BCUT2D eigenvalue weighted by Gasteiger charge is 2.44. The maximum absolute atomic E-state index is 8.77. The lowest BCUT2D eigenvalue weighted by Gasteiger charge is -2.41. The van der Waals surface area contributed by atoms with Crippen LogP contribution < -0.4 is 0 Å². The van der Waals surface area contributed by atoms with Crippen LogP contribution in [0.1, 0.15) is 59.3 Å². The highest BCUT2D eigenvalue weighted by molar-refractivity contribution is 4.93. The summed E-state index contributed by atoms with van der Waals surface area (Å²) in [5.74, 6) is 0.823. The summed E-state index contributed by atoms with van der Waals surface area (Å²) in [6, 6.07) is 0. The van der Waals surface area contributed by atoms with Crippen LogP contribution in [0.15, 0.2) is 0 Å². The minimum atomic E-state index is -0.0802. The van der Waals surface area contributed by atoms with Crippen LogP contribution in [0.5, 0.6) is 0 Å². The molecule has 1 heterocycles. The fraction of sp³-hybridized carbons (Fsp3) is 1.00. The topological polar surface area (TPSA) is 38.7 Å². The van der Waals surface area contributed by atoms with Gasteiger partial charge in [-0.2, -0.15) is 0 Å². The van der Waals surface area contributed by atoms with Gasteiger partial charge in [0.2, 0.25) is 0 Å². The predicted octanol–water partition coefficient (Wildman–Crippen LogP) is 3.11. The molecule has 0 radical (unpaired) electrons. The Hall–Kier alpha value is -0.120. The predicted molar refractivity (Wildman–Crippen MR) is 71.3 cm³/mol. The first-order valence-electron chi connectivity index (χ1n) is 7.35. The van der Waals surface area contributed by atoms with E-state index in [1.54, 1.807) is 0 Å². The second-order valence-corrected chi connectivity index (χ2v) is 7.00. The average Bonchev–Trinajstić information content (AvgIpc) is 2.69. The Labute approximate surface area is 111 Å². The summed E-state index contributed by atoms with van der Waals surface area (Å²) in [7, 11) is 0. The van der Waals surface area contributed by atoms with E-state index in [4.69, 9.17) is 14.6 Å². The van der Waals surface area contributed by atoms with Crippen LogP contribution in [0.2, 0.25) is 0 Å². The number of ether oxygens (including phenoxy) is 2. The van der Waals surface area contributed by atoms with Crippen LogP contribution in [0.3, 0.4) is 0 Å². The van der Waals surface area contributed by atoms with E-state index in [2.05, 4.69) is 20.8 Å². The molecule has 2 rings (SSSR count). The van der Waals surface area contributed by atoms with Gasteiger partial charge in [0, 0.05) is 6.42 Å². The highest BCUT2D eigenvalue weighted by atomic mass is 16.7. The molecule has 1 saturated heterocycles. The van der Waals surface area contributed by atoms with Gasteiger partial charge in [-0.05, 0) is 43.4 Å². The van der Waals surface area contributed by atoms with Crippen molar-refractivity contribution in [1.82, 2.24) is 0 Å². The molecule has 0 aromatic carbocycles. The van der Waals surface area contributed by atoms with E-state index < -0.39 is 0 Å². The van der Waals surface area contributed by atoms with Crippen molar-refractivity contribution in [2.75, 3.05) is 13.2 Å². The van der Waals surface area contributed by atoms with E-state index in [1.165, 1.54) is 25.7 Å². The zero-order valence-corrected chi connectivity index (χ0v) is 12.1. The first kappa shape index (κ1) is 14.3. The van der Waals surface area contributed by atoms with Gasteiger partial charge in [0.05, 0.1) is 18.8 Å². The van der Waals surface area contributed by atoms with Crippen molar-refractivity contribution >= 4 is 0 Å². The molecular weight excluding hydrogens is 228 g/mol. The summed E-state index contributed by atoms with van der Waals surface area (Å²) in [4.78, 5) is 0. The highest BCUT2D eigenvalue weighted by Crippen LogP contribution is 2.47. The molecule has 1 saturated carbocycles. The van der Waals surface area contributed by atoms with Gasteiger partial charge in [0.1, 0.15) is 0 Å². The minimum Gasteiger partial charge on any atom is -0.394 e. The van der Waals surface area contributed by atoms with Crippen LogP contribution in [-0.4, -0.2) is 30.2 Å². The molecule has 0 aromatic heterocycles. The van der Waals surface area contributed by atoms with Crippen molar-refractivity contribution in [2.45, 2.75) is 71.2 Å². The molecule has 0 amide bonds. The van der Waals surface area contributed by atoms with E-state index in [-0.39, 0.29) is 18.5 Å². The fourth-order valence-corrected chi connectivity index (χ4v) is 3.46. The summed E-state index contributed by atoms with van der Waals surface area (Å²) in [6.45, 7) is 7.51. The monoisotopic (exact) mass is 256 g/mol. The molecule has 1 N–H and O–H groups in total. The number of aliphatic hydroxyl groups is 1. The van der Waals surface area contributed by atoms with Crippen LogP contribution in [0, 0.1) is 11.3 Å². The molecule has 0 aromatic rings. The van der Waals surface area contributed by atoms with Gasteiger partial charge >= 0.3 is 0 Å². The SMILES string of the molecule is CC(C)(C)C1CCC2(CC1)CC[C@@H](OCCO)O2. The fourth-order valence-electron chi connectivity index (χ4n) is 3.46. The van der Waals surface area contributed by atoms with Gasteiger partial charge in [-0.1, -0.05) is 20.8 Å². The van der Waals surface area contributed by atoms with Crippen molar-refractivity contribution in [3.63, 3.8) is 0 Å². The van der Waals surface area contributed by atoms with Gasteiger partial charge in [0.25, 0.3) is 0 Å². The standard InChI is InChI=1S/C15H28O3/c1-14(2,3)12-4-7-15(8-5-12)9-6-13(18-15)17-11-10-16/h12-13,16H,4-11H2,1-3H3/t12?,13-,15?/m0/s1. The molecule has 1 atom stereocenters. The van der Waals surface area contributed by atoms with E-state index in [0.717, 1.165) is 18.8 Å². The molecule has 106 valence electrons. The first-order chi connectivity index (χ1) is 8.45. The zero-order valence-electron chi connectivity index (χ0n) is 12.1. The van der Waals surface area contributed by atoms with E-state index in [9.17, 15) is 0 Å². The lowest BCUT2D eigenvalue weighted by atomic mass is 9.68. The number of hydrogen-bond acceptors (Lipinski definition) is 3. The molecule has 0 bridgehead atoms. The maximum Gasteiger partial charge on any atom is 0.158 e. The third-order valence-electron chi connectivity index (χ3n) is 4.73. The Morgan fingerprint density at radius 3 is 2.33 bits per heavy atom. The lowest BCUT2D eigenvalue weighted by molar-refractivity contribution is -0.184. The zero-order chi connectivity index (χ0) is 13.2. The van der Waals surface area contributed by atoms with E-state index in [0.29, 0.717) is 12.0 Å². The van der Waals surface area contributed by atoms with E-state index in [1.807, 2.05) is 0 Å². The summed E-state index contributed by atoms with van der Waals surface area (Å²) in [5.41, 5.74) is 0.509. The average molecular weight is 256 g/mol. The minimum absolute atomic E-state index is 0.0802. The number of rotatable bonds is 3. The van der Waals surface area contributed by atoms with Gasteiger partial charge < -0.3 is 14.6 Å². The van der Waals surface area contributed by atoms with Crippen molar-refractivity contribution in [3.8, 4) is 0 Å². The third kappa shape index (κ3) is 3.25. The quantitative estimate of drug-likeness (QED) is 0.843. The Balaban J connectivity index is 1.82. The summed E-state index contributed by atoms with van der Waals surface area (Å²) in [5, 5.41) is 8.77. The third-order valence-corrected chi connectivity index (χ3v) is 4.73. The molecule has 18 heavy (non-hydrogen) atoms. The van der Waals surface area contributed by atoms with E-state index >= 15 is 0 Å². The molecule has 3 nitrogen and oxygen atoms in total. The molecule has 1 aliphatic heterocycles. The van der Waals surface area contributed by atoms with Crippen molar-refractivity contribution < 1.29 is 14.6 Å². The van der Waals surface area contributed by atoms with Gasteiger partial charge in [-0.3, -0.25) is 0 Å². The second-order valence-electron chi connectivity index (χ2n) is 7.00. The number of hydrogen-bond donors (Lipinski definition) is 1. The molecule has 3 heteroatoms. The normalized spacial score (nSPS) is 37.3. The van der Waals surface area contributed by atoms with Crippen molar-refractivity contribution in [2.24, 2.45) is 11.3 Å². The lowest BCUT2D eigenvalue weighted by Crippen LogP contribution is -2.38. The molecule has 1 spiro atoms. The van der Waals surface area contributed by atoms with Crippen LogP contribution >= 0.6 is 0 Å². The van der Waals surface area contributed by atoms with Crippen molar-refractivity contribution in [1.29, 1.82) is 0 Å². The van der Waals surface area contributed by atoms with Crippen LogP contribution in [0.4, 0.5) is 0 Å². The summed E-state index contributed by atoms with van der Waals surface area (Å²) in [6.07, 6.45) is 6.93. The van der Waals surface area contributed by atoms with Crippen LogP contribution in [-0.2, 0) is 9.47 Å². The van der Waals surface area contributed by atoms with Crippen LogP contribution in [0.25, 0.3) is 0 Å². The smallest absolute Gasteiger partial charge is 0.158 e. The van der Waals surface area contributed by atoms with Gasteiger partial charge in [-0.15, -0.1) is 0 Å². The molecule has 2 aliphatic rings. The molecule has 1 aliphatic carbocycles. The Morgan fingerprint density at radius 1 is 1.17 bits per heavy atom. The Morgan fingerprint density at radius 2 is 1.78 bits per heavy atom. The second kappa shape index (κ2) is 5.48. The molecular formula is C15H28O3. The summed E-state index contributed by atoms with van der Waals surface area (Å²) < 4.78 is 11.6. The van der Waals surface area contributed by atoms with Crippen molar-refractivity contribution in [3.05, 3.63) is 0 Å². The first-order valence-corrected chi connectivity index (χ1v) is 7.35. The Kier molecular flexibility index (Phi) is 4.35. The summed E-state index contributed by atoms with van der Waals surface area (Å²) >= 11 is 0. The van der Waals surface area contributed by atoms with Gasteiger partial charge in [-0.25, -0.2) is 0 Å². The molecule has 0 unspecified atom stereocenters. The van der Waals surface area contributed by atoms with Gasteiger partial charge in [0.15, 0.2) is 6.29 Å². The largest absolute Gasteiger partial charge is 0.394 e. The Bertz CT molecular complexity index is 261. The number of aliphatic hydroxyl groups excluding tert-OH is 1. The maximum atomic E-state index is 8.77.